The highest BCUT2D eigenvalue weighted by atomic mass is 35.5. The van der Waals surface area contributed by atoms with Crippen LogP contribution in [0.1, 0.15) is 5.76 Å². The molecule has 0 fully saturated rings. The highest BCUT2D eigenvalue weighted by Gasteiger charge is 2.10. The van der Waals surface area contributed by atoms with Crippen LogP contribution in [-0.2, 0) is 4.79 Å². The van der Waals surface area contributed by atoms with Gasteiger partial charge in [0.1, 0.15) is 16.5 Å². The van der Waals surface area contributed by atoms with Gasteiger partial charge >= 0.3 is 5.88 Å². The van der Waals surface area contributed by atoms with Gasteiger partial charge in [0.2, 0.25) is 5.91 Å². The number of benzene rings is 1. The normalized spacial score (nSPS) is 10.8. The molecule has 2 rings (SSSR count). The molecule has 0 saturated heterocycles. The van der Waals surface area contributed by atoms with E-state index in [1.54, 1.807) is 0 Å². The minimum Gasteiger partial charge on any atom is -0.401 e. The van der Waals surface area contributed by atoms with Crippen molar-refractivity contribution in [1.82, 2.24) is 0 Å². The summed E-state index contributed by atoms with van der Waals surface area (Å²) in [4.78, 5) is 21.4. The summed E-state index contributed by atoms with van der Waals surface area (Å²) in [7, 11) is 0. The van der Waals surface area contributed by atoms with E-state index in [0.29, 0.717) is 0 Å². The second-order valence-electron chi connectivity index (χ2n) is 3.88. The number of amides is 1. The standard InChI is InChI=1S/C13H8ClFN2O4/c14-10-7-8(15)1-4-11(10)16-12(18)5-2-9-3-6-13(21-9)17(19)20/h1-7H,(H,16,18). The smallest absolute Gasteiger partial charge is 0.401 e. The van der Waals surface area contributed by atoms with Crippen LogP contribution in [0.15, 0.2) is 40.8 Å². The third kappa shape index (κ3) is 3.90. The minimum atomic E-state index is -0.685. The second kappa shape index (κ2) is 6.19. The fraction of sp³-hybridized carbons (Fsp3) is 0. The first-order chi connectivity index (χ1) is 9.95. The molecular weight excluding hydrogens is 303 g/mol. The van der Waals surface area contributed by atoms with Crippen LogP contribution in [-0.4, -0.2) is 10.8 Å². The Kier molecular flexibility index (Phi) is 4.34. The lowest BCUT2D eigenvalue weighted by atomic mass is 10.3. The summed E-state index contributed by atoms with van der Waals surface area (Å²) >= 11 is 5.76. The van der Waals surface area contributed by atoms with Crippen molar-refractivity contribution in [1.29, 1.82) is 0 Å². The van der Waals surface area contributed by atoms with Gasteiger partial charge in [-0.3, -0.25) is 14.9 Å². The monoisotopic (exact) mass is 310 g/mol. The first-order valence-electron chi connectivity index (χ1n) is 5.64. The van der Waals surface area contributed by atoms with Gasteiger partial charge in [-0.15, -0.1) is 0 Å². The third-order valence-electron chi connectivity index (χ3n) is 2.38. The molecule has 0 aliphatic rings. The number of rotatable bonds is 4. The van der Waals surface area contributed by atoms with Crippen LogP contribution < -0.4 is 5.32 Å². The van der Waals surface area contributed by atoms with E-state index in [-0.39, 0.29) is 16.5 Å². The van der Waals surface area contributed by atoms with Crippen molar-refractivity contribution in [3.05, 3.63) is 63.1 Å². The zero-order chi connectivity index (χ0) is 15.4. The van der Waals surface area contributed by atoms with Crippen molar-refractivity contribution in [2.45, 2.75) is 0 Å². The second-order valence-corrected chi connectivity index (χ2v) is 4.29. The Bertz CT molecular complexity index is 727. The fourth-order valence-corrected chi connectivity index (χ4v) is 1.67. The molecule has 21 heavy (non-hydrogen) atoms. The maximum absolute atomic E-state index is 12.8. The van der Waals surface area contributed by atoms with Gasteiger partial charge in [0.15, 0.2) is 0 Å². The molecule has 8 heteroatoms. The van der Waals surface area contributed by atoms with Crippen LogP contribution in [0.25, 0.3) is 6.08 Å². The summed E-state index contributed by atoms with van der Waals surface area (Å²) in [5, 5.41) is 12.9. The van der Waals surface area contributed by atoms with Crippen LogP contribution in [0.2, 0.25) is 5.02 Å². The summed E-state index contributed by atoms with van der Waals surface area (Å²) in [6, 6.07) is 6.07. The van der Waals surface area contributed by atoms with Crippen LogP contribution in [0.5, 0.6) is 0 Å². The number of furan rings is 1. The molecule has 0 aliphatic heterocycles. The Hall–Kier alpha value is -2.67. The summed E-state index contributed by atoms with van der Waals surface area (Å²) in [6.45, 7) is 0. The van der Waals surface area contributed by atoms with Gasteiger partial charge in [-0.2, -0.15) is 0 Å². The summed E-state index contributed by atoms with van der Waals surface area (Å²) < 4.78 is 17.7. The molecule has 0 saturated carbocycles. The zero-order valence-electron chi connectivity index (χ0n) is 10.4. The average molecular weight is 311 g/mol. The van der Waals surface area contributed by atoms with Crippen molar-refractivity contribution in [2.24, 2.45) is 0 Å². The number of anilines is 1. The minimum absolute atomic E-state index is 0.0605. The molecular formula is C13H8ClFN2O4. The van der Waals surface area contributed by atoms with E-state index < -0.39 is 22.5 Å². The lowest BCUT2D eigenvalue weighted by Crippen LogP contribution is -2.08. The van der Waals surface area contributed by atoms with E-state index in [0.717, 1.165) is 18.2 Å². The van der Waals surface area contributed by atoms with Crippen LogP contribution in [0.4, 0.5) is 16.0 Å². The van der Waals surface area contributed by atoms with E-state index in [1.807, 2.05) is 0 Å². The lowest BCUT2D eigenvalue weighted by Gasteiger charge is -2.04. The van der Waals surface area contributed by atoms with Crippen molar-refractivity contribution >= 4 is 35.2 Å². The lowest BCUT2D eigenvalue weighted by molar-refractivity contribution is -0.402. The number of halogens is 2. The molecule has 0 bridgehead atoms. The largest absolute Gasteiger partial charge is 0.433 e. The molecule has 0 aliphatic carbocycles. The molecule has 0 atom stereocenters. The molecule has 1 aromatic heterocycles. The molecule has 1 heterocycles. The van der Waals surface area contributed by atoms with E-state index in [2.05, 4.69) is 5.32 Å². The summed E-state index contributed by atoms with van der Waals surface area (Å²) in [5.41, 5.74) is 0.248. The summed E-state index contributed by atoms with van der Waals surface area (Å²) in [6.07, 6.45) is 2.38. The predicted octanol–water partition coefficient (Wildman–Crippen LogP) is 3.63. The molecule has 1 amide bonds. The van der Waals surface area contributed by atoms with Gasteiger partial charge in [-0.25, -0.2) is 4.39 Å². The van der Waals surface area contributed by atoms with Crippen molar-refractivity contribution in [3.8, 4) is 0 Å². The molecule has 0 radical (unpaired) electrons. The quantitative estimate of drug-likeness (QED) is 0.531. The Morgan fingerprint density at radius 3 is 2.76 bits per heavy atom. The van der Waals surface area contributed by atoms with Crippen molar-refractivity contribution in [2.75, 3.05) is 5.32 Å². The zero-order valence-corrected chi connectivity index (χ0v) is 11.1. The van der Waals surface area contributed by atoms with Crippen LogP contribution in [0, 0.1) is 15.9 Å². The number of nitrogens with zero attached hydrogens (tertiary/aromatic N) is 1. The topological polar surface area (TPSA) is 85.4 Å². The number of nitrogens with one attached hydrogen (secondary N) is 1. The maximum atomic E-state index is 12.8. The average Bonchev–Trinajstić information content (AvgIpc) is 2.89. The number of hydrogen-bond donors (Lipinski definition) is 1. The molecule has 1 aromatic carbocycles. The van der Waals surface area contributed by atoms with Gasteiger partial charge in [-0.05, 0) is 30.3 Å². The Labute approximate surface area is 123 Å². The molecule has 0 spiro atoms. The van der Waals surface area contributed by atoms with Gasteiger partial charge in [0, 0.05) is 6.08 Å². The molecule has 1 N–H and O–H groups in total. The SMILES string of the molecule is O=C(C=Cc1ccc([N+](=O)[O-])o1)Nc1ccc(F)cc1Cl. The van der Waals surface area contributed by atoms with Crippen LogP contribution >= 0.6 is 11.6 Å². The van der Waals surface area contributed by atoms with Gasteiger partial charge in [-0.1, -0.05) is 11.6 Å². The predicted molar refractivity (Wildman–Crippen MR) is 74.4 cm³/mol. The summed E-state index contributed by atoms with van der Waals surface area (Å²) in [5.74, 6) is -1.32. The third-order valence-corrected chi connectivity index (χ3v) is 2.69. The molecule has 108 valence electrons. The Balaban J connectivity index is 2.03. The molecule has 2 aromatic rings. The van der Waals surface area contributed by atoms with Crippen LogP contribution in [0.3, 0.4) is 0 Å². The Morgan fingerprint density at radius 1 is 1.38 bits per heavy atom. The van der Waals surface area contributed by atoms with E-state index >= 15 is 0 Å². The highest BCUT2D eigenvalue weighted by molar-refractivity contribution is 6.33. The van der Waals surface area contributed by atoms with Crippen molar-refractivity contribution < 1.29 is 18.5 Å². The van der Waals surface area contributed by atoms with Gasteiger partial charge in [0.05, 0.1) is 16.8 Å². The number of hydrogen-bond acceptors (Lipinski definition) is 4. The van der Waals surface area contributed by atoms with Crippen molar-refractivity contribution in [3.63, 3.8) is 0 Å². The first kappa shape index (κ1) is 14.7. The Morgan fingerprint density at radius 2 is 2.14 bits per heavy atom. The van der Waals surface area contributed by atoms with E-state index in [1.165, 1.54) is 24.3 Å². The number of carbonyl (C=O) groups is 1. The maximum Gasteiger partial charge on any atom is 0.433 e. The number of nitro groups is 1. The fourth-order valence-electron chi connectivity index (χ4n) is 1.45. The first-order valence-corrected chi connectivity index (χ1v) is 6.02. The number of carbonyl (C=O) groups excluding carboxylic acids is 1. The van der Waals surface area contributed by atoms with E-state index in [9.17, 15) is 19.3 Å². The van der Waals surface area contributed by atoms with E-state index in [4.69, 9.17) is 16.0 Å². The molecule has 6 nitrogen and oxygen atoms in total. The van der Waals surface area contributed by atoms with Gasteiger partial charge < -0.3 is 9.73 Å². The highest BCUT2D eigenvalue weighted by Crippen LogP contribution is 2.22. The van der Waals surface area contributed by atoms with Gasteiger partial charge in [0.25, 0.3) is 0 Å². The molecule has 0 unspecified atom stereocenters.